The second-order valence-electron chi connectivity index (χ2n) is 11.7. The van der Waals surface area contributed by atoms with Crippen molar-refractivity contribution in [1.82, 2.24) is 0 Å². The van der Waals surface area contributed by atoms with Gasteiger partial charge in [-0.15, -0.1) is 11.1 Å². The molecule has 29 heavy (non-hydrogen) atoms. The Kier molecular flexibility index (Phi) is 13.6. The fraction of sp³-hybridized carbons (Fsp3) is 0.615. The molecule has 0 N–H and O–H groups in total. The minimum absolute atomic E-state index is 0. The summed E-state index contributed by atoms with van der Waals surface area (Å²) in [4.78, 5) is 0. The Morgan fingerprint density at radius 2 is 0.759 bits per heavy atom. The first-order valence-corrected chi connectivity index (χ1v) is 9.99. The van der Waals surface area contributed by atoms with Crippen LogP contribution in [0.15, 0.2) is 36.4 Å². The van der Waals surface area contributed by atoms with Crippen molar-refractivity contribution >= 4 is 0 Å². The summed E-state index contributed by atoms with van der Waals surface area (Å²) >= 11 is 0. The standard InChI is InChI=1S/2C13H21.2ClH.Zr/c2*1-12(2,3)10-8-7-9-11(10)13(4,5)6;;;/h2*7-9H,1-6H3;2*1H;/q2*-1;;;+4/p-2. The number of rotatable bonds is 0. The van der Waals surface area contributed by atoms with Crippen LogP contribution in [0, 0.1) is 0 Å². The molecule has 0 heterocycles. The normalized spacial score (nSPS) is 12.0. The molecule has 0 radical (unpaired) electrons. The molecule has 0 aliphatic rings. The maximum absolute atomic E-state index is 2.28. The Labute approximate surface area is 213 Å². The van der Waals surface area contributed by atoms with E-state index in [1.54, 1.807) is 0 Å². The van der Waals surface area contributed by atoms with Gasteiger partial charge in [0.2, 0.25) is 0 Å². The van der Waals surface area contributed by atoms with Crippen molar-refractivity contribution in [2.45, 2.75) is 105 Å². The van der Waals surface area contributed by atoms with E-state index in [1.165, 1.54) is 22.3 Å². The zero-order valence-corrected chi connectivity index (χ0v) is 24.7. The van der Waals surface area contributed by atoms with Gasteiger partial charge in [-0.05, 0) is 10.8 Å². The molecule has 0 aliphatic carbocycles. The van der Waals surface area contributed by atoms with E-state index in [0.717, 1.165) is 0 Å². The zero-order chi connectivity index (χ0) is 20.6. The minimum Gasteiger partial charge on any atom is -1.00 e. The Morgan fingerprint density at radius 3 is 0.897 bits per heavy atom. The largest absolute Gasteiger partial charge is 4.00 e. The Hall–Kier alpha value is 0.163. The van der Waals surface area contributed by atoms with E-state index in [4.69, 9.17) is 0 Å². The van der Waals surface area contributed by atoms with E-state index in [9.17, 15) is 0 Å². The Morgan fingerprint density at radius 1 is 0.517 bits per heavy atom. The summed E-state index contributed by atoms with van der Waals surface area (Å²) < 4.78 is 0. The first-order chi connectivity index (χ1) is 11.5. The molecule has 0 aromatic heterocycles. The summed E-state index contributed by atoms with van der Waals surface area (Å²) in [6.07, 6.45) is 0. The number of hydrogen-bond donors (Lipinski definition) is 0. The third-order valence-electron chi connectivity index (χ3n) is 4.86. The molecule has 164 valence electrons. The van der Waals surface area contributed by atoms with Crippen LogP contribution in [-0.2, 0) is 47.9 Å². The Bertz CT molecular complexity index is 573. The van der Waals surface area contributed by atoms with Gasteiger partial charge < -0.3 is 24.8 Å². The van der Waals surface area contributed by atoms with E-state index in [2.05, 4.69) is 119 Å². The fourth-order valence-corrected chi connectivity index (χ4v) is 3.46. The third kappa shape index (κ3) is 9.88. The molecule has 0 saturated carbocycles. The molecule has 0 spiro atoms. The topological polar surface area (TPSA) is 0 Å². The van der Waals surface area contributed by atoms with E-state index in [-0.39, 0.29) is 72.7 Å². The molecule has 2 rings (SSSR count). The predicted octanol–water partition coefficient (Wildman–Crippen LogP) is 2.01. The van der Waals surface area contributed by atoms with E-state index in [1.807, 2.05) is 0 Å². The second kappa shape index (κ2) is 11.7. The molecule has 0 fully saturated rings. The van der Waals surface area contributed by atoms with Crippen LogP contribution in [0.5, 0.6) is 0 Å². The molecule has 0 nitrogen and oxygen atoms in total. The molecule has 0 unspecified atom stereocenters. The summed E-state index contributed by atoms with van der Waals surface area (Å²) in [5.41, 5.74) is 7.02. The van der Waals surface area contributed by atoms with Gasteiger partial charge in [0.05, 0.1) is 0 Å². The third-order valence-corrected chi connectivity index (χ3v) is 4.86. The van der Waals surface area contributed by atoms with Crippen LogP contribution >= 0.6 is 0 Å². The summed E-state index contributed by atoms with van der Waals surface area (Å²) in [7, 11) is 0. The predicted molar refractivity (Wildman–Crippen MR) is 119 cm³/mol. The molecule has 0 saturated heterocycles. The molecular formula is C26H42Cl2Zr. The van der Waals surface area contributed by atoms with Crippen LogP contribution in [0.25, 0.3) is 0 Å². The van der Waals surface area contributed by atoms with Gasteiger partial charge in [-0.25, -0.2) is 24.3 Å². The van der Waals surface area contributed by atoms with Gasteiger partial charge in [-0.3, -0.25) is 0 Å². The second-order valence-corrected chi connectivity index (χ2v) is 11.7. The summed E-state index contributed by atoms with van der Waals surface area (Å²) in [6.45, 7) is 27.3. The molecule has 2 aromatic rings. The number of halogens is 2. The first kappa shape index (κ1) is 33.8. The van der Waals surface area contributed by atoms with Gasteiger partial charge in [0.15, 0.2) is 0 Å². The molecule has 0 bridgehead atoms. The van der Waals surface area contributed by atoms with Crippen molar-refractivity contribution in [3.8, 4) is 0 Å². The Balaban J connectivity index is -0.000000422. The van der Waals surface area contributed by atoms with Crippen LogP contribution in [-0.4, -0.2) is 0 Å². The fourth-order valence-electron chi connectivity index (χ4n) is 3.46. The van der Waals surface area contributed by atoms with E-state index >= 15 is 0 Å². The van der Waals surface area contributed by atoms with Crippen molar-refractivity contribution in [3.63, 3.8) is 0 Å². The zero-order valence-electron chi connectivity index (χ0n) is 20.7. The molecule has 3 heteroatoms. The van der Waals surface area contributed by atoms with Crippen LogP contribution in [0.1, 0.15) is 105 Å². The van der Waals surface area contributed by atoms with Gasteiger partial charge in [0.25, 0.3) is 0 Å². The first-order valence-electron chi connectivity index (χ1n) is 9.99. The van der Waals surface area contributed by atoms with E-state index < -0.39 is 0 Å². The van der Waals surface area contributed by atoms with Gasteiger partial charge in [-0.1, -0.05) is 93.9 Å². The van der Waals surface area contributed by atoms with Gasteiger partial charge in [0, 0.05) is 0 Å². The van der Waals surface area contributed by atoms with E-state index in [0.29, 0.717) is 0 Å². The molecular weight excluding hydrogens is 474 g/mol. The van der Waals surface area contributed by atoms with Crippen LogP contribution in [0.4, 0.5) is 0 Å². The average molecular weight is 517 g/mol. The smallest absolute Gasteiger partial charge is 1.00 e. The maximum atomic E-state index is 2.28. The molecule has 0 aliphatic heterocycles. The van der Waals surface area contributed by atoms with Crippen molar-refractivity contribution in [2.24, 2.45) is 0 Å². The van der Waals surface area contributed by atoms with Crippen LogP contribution in [0.2, 0.25) is 0 Å². The van der Waals surface area contributed by atoms with Crippen LogP contribution in [0.3, 0.4) is 0 Å². The summed E-state index contributed by atoms with van der Waals surface area (Å²) in [6, 6.07) is 13.3. The van der Waals surface area contributed by atoms with Gasteiger partial charge in [-0.2, -0.15) is 23.3 Å². The van der Waals surface area contributed by atoms with Crippen molar-refractivity contribution in [2.75, 3.05) is 0 Å². The van der Waals surface area contributed by atoms with Gasteiger partial charge in [0.1, 0.15) is 0 Å². The van der Waals surface area contributed by atoms with Gasteiger partial charge >= 0.3 is 26.2 Å². The monoisotopic (exact) mass is 514 g/mol. The minimum atomic E-state index is 0. The summed E-state index contributed by atoms with van der Waals surface area (Å²) in [5.74, 6) is 0. The quantitative estimate of drug-likeness (QED) is 0.470. The SMILES string of the molecule is CC(C)(C)c1ccc[c-]1C(C)(C)C.CC(C)(C)c1ccc[c-]1C(C)(C)C.[Cl-].[Cl-].[Zr+4]. The molecule has 0 amide bonds. The van der Waals surface area contributed by atoms with Crippen LogP contribution < -0.4 is 24.8 Å². The van der Waals surface area contributed by atoms with Crippen molar-refractivity contribution in [1.29, 1.82) is 0 Å². The average Bonchev–Trinajstić information content (AvgIpc) is 3.06. The van der Waals surface area contributed by atoms with Crippen molar-refractivity contribution < 1.29 is 51.0 Å². The summed E-state index contributed by atoms with van der Waals surface area (Å²) in [5, 5.41) is 0. The molecule has 2 aromatic carbocycles. The molecule has 0 atom stereocenters. The van der Waals surface area contributed by atoms with Crippen molar-refractivity contribution in [3.05, 3.63) is 58.7 Å². The number of hydrogen-bond acceptors (Lipinski definition) is 0. The maximum Gasteiger partial charge on any atom is 4.00 e.